The van der Waals surface area contributed by atoms with Crippen LogP contribution in [0.4, 0.5) is 0 Å². The van der Waals surface area contributed by atoms with Crippen LogP contribution in [0.1, 0.15) is 38.5 Å². The fraction of sp³-hybridized carbons (Fsp3) is 0.600. The number of carbonyl (C=O) groups excluding carboxylic acids is 1. The molecule has 0 atom stereocenters. The Hall–Kier alpha value is -1.32. The van der Waals surface area contributed by atoms with Crippen molar-refractivity contribution in [2.75, 3.05) is 0 Å². The molecule has 1 rings (SSSR count). The van der Waals surface area contributed by atoms with E-state index in [-0.39, 0.29) is 5.91 Å². The Kier molecular flexibility index (Phi) is 6.45. The van der Waals surface area contributed by atoms with E-state index in [1.165, 1.54) is 0 Å². The van der Waals surface area contributed by atoms with Crippen molar-refractivity contribution in [1.82, 2.24) is 10.5 Å². The quantitative estimate of drug-likeness (QED) is 0.808. The summed E-state index contributed by atoms with van der Waals surface area (Å²) in [5.74, 6) is 0.794. The van der Waals surface area contributed by atoms with E-state index >= 15 is 0 Å². The molecule has 0 saturated carbocycles. The smallest absolute Gasteiger partial charge is 0.219 e. The fourth-order valence-corrected chi connectivity index (χ4v) is 0.807. The van der Waals surface area contributed by atoms with E-state index in [4.69, 9.17) is 4.52 Å². The first-order valence-corrected chi connectivity index (χ1v) is 4.91. The molecule has 0 aliphatic heterocycles. The third-order valence-electron chi connectivity index (χ3n) is 1.65. The van der Waals surface area contributed by atoms with E-state index in [9.17, 15) is 4.79 Å². The average molecular weight is 198 g/mol. The average Bonchev–Trinajstić information content (AvgIpc) is 2.63. The predicted molar refractivity (Wildman–Crippen MR) is 54.7 cm³/mol. The molecule has 0 saturated heterocycles. The second-order valence-corrected chi connectivity index (χ2v) is 2.54. The van der Waals surface area contributed by atoms with Crippen LogP contribution in [0, 0.1) is 6.92 Å². The summed E-state index contributed by atoms with van der Waals surface area (Å²) in [7, 11) is 0. The normalized spacial score (nSPS) is 8.86. The van der Waals surface area contributed by atoms with Gasteiger partial charge in [-0.2, -0.15) is 0 Å². The van der Waals surface area contributed by atoms with Crippen LogP contribution in [0.15, 0.2) is 10.7 Å². The maximum absolute atomic E-state index is 10.9. The van der Waals surface area contributed by atoms with Gasteiger partial charge in [0.2, 0.25) is 5.91 Å². The highest BCUT2D eigenvalue weighted by atomic mass is 16.5. The van der Waals surface area contributed by atoms with Crippen LogP contribution in [0.3, 0.4) is 0 Å². The molecule has 1 aromatic heterocycles. The number of nitrogens with one attached hydrogen (secondary N) is 1. The predicted octanol–water partition coefficient (Wildman–Crippen LogP) is 2.04. The Labute approximate surface area is 84.7 Å². The number of aryl methyl sites for hydroxylation is 1. The van der Waals surface area contributed by atoms with Crippen molar-refractivity contribution in [3.63, 3.8) is 0 Å². The summed E-state index contributed by atoms with van der Waals surface area (Å²) in [6.07, 6.45) is 2.12. The van der Waals surface area contributed by atoms with Gasteiger partial charge in [0, 0.05) is 18.5 Å². The highest BCUT2D eigenvalue weighted by Crippen LogP contribution is 2.04. The fourth-order valence-electron chi connectivity index (χ4n) is 0.807. The maximum atomic E-state index is 10.9. The summed E-state index contributed by atoms with van der Waals surface area (Å²) in [6.45, 7) is 8.14. The zero-order chi connectivity index (χ0) is 11.0. The summed E-state index contributed by atoms with van der Waals surface area (Å²) in [5.41, 5.74) is 0.928. The summed E-state index contributed by atoms with van der Waals surface area (Å²) in [6, 6.07) is 0. The largest absolute Gasteiger partial charge is 0.361 e. The van der Waals surface area contributed by atoms with Gasteiger partial charge in [-0.05, 0) is 6.92 Å². The molecule has 0 aliphatic carbocycles. The standard InChI is InChI=1S/C8H12N2O2.C2H6/c1-3-8(11)9-4-7-5-10-12-6(7)2;1-2/h5H,3-4H2,1-2H3,(H,9,11);1-2H3. The van der Waals surface area contributed by atoms with Crippen molar-refractivity contribution in [3.8, 4) is 0 Å². The van der Waals surface area contributed by atoms with Crippen LogP contribution in [-0.4, -0.2) is 11.1 Å². The Morgan fingerprint density at radius 3 is 2.64 bits per heavy atom. The second kappa shape index (κ2) is 7.12. The van der Waals surface area contributed by atoms with Crippen molar-refractivity contribution in [2.24, 2.45) is 0 Å². The first kappa shape index (κ1) is 12.7. The minimum atomic E-state index is 0.0376. The highest BCUT2D eigenvalue weighted by Gasteiger charge is 2.03. The number of nitrogens with zero attached hydrogens (tertiary/aromatic N) is 1. The minimum Gasteiger partial charge on any atom is -0.361 e. The topological polar surface area (TPSA) is 55.1 Å². The van der Waals surface area contributed by atoms with E-state index in [1.54, 1.807) is 6.20 Å². The Morgan fingerprint density at radius 1 is 1.57 bits per heavy atom. The van der Waals surface area contributed by atoms with Crippen molar-refractivity contribution in [3.05, 3.63) is 17.5 Å². The number of rotatable bonds is 3. The molecule has 0 aliphatic rings. The molecule has 4 nitrogen and oxygen atoms in total. The van der Waals surface area contributed by atoms with Crippen LogP contribution < -0.4 is 5.32 Å². The van der Waals surface area contributed by atoms with E-state index in [2.05, 4.69) is 10.5 Å². The molecule has 0 spiro atoms. The number of amides is 1. The Balaban J connectivity index is 0.000000791. The number of aromatic nitrogens is 1. The van der Waals surface area contributed by atoms with E-state index < -0.39 is 0 Å². The van der Waals surface area contributed by atoms with Crippen LogP contribution in [0.25, 0.3) is 0 Å². The van der Waals surface area contributed by atoms with Gasteiger partial charge >= 0.3 is 0 Å². The molecule has 0 fully saturated rings. The van der Waals surface area contributed by atoms with Gasteiger partial charge in [-0.3, -0.25) is 4.79 Å². The van der Waals surface area contributed by atoms with Gasteiger partial charge < -0.3 is 9.84 Å². The SMILES string of the molecule is CC.CCC(=O)NCc1cnoc1C. The van der Waals surface area contributed by atoms with Gasteiger partial charge in [0.15, 0.2) is 0 Å². The molecule has 4 heteroatoms. The molecule has 1 heterocycles. The van der Waals surface area contributed by atoms with Crippen LogP contribution in [0.2, 0.25) is 0 Å². The molecule has 1 aromatic rings. The van der Waals surface area contributed by atoms with Gasteiger partial charge in [-0.15, -0.1) is 0 Å². The third-order valence-corrected chi connectivity index (χ3v) is 1.65. The van der Waals surface area contributed by atoms with E-state index in [0.717, 1.165) is 11.3 Å². The van der Waals surface area contributed by atoms with Crippen molar-refractivity contribution < 1.29 is 9.32 Å². The van der Waals surface area contributed by atoms with Crippen LogP contribution in [-0.2, 0) is 11.3 Å². The van der Waals surface area contributed by atoms with E-state index in [0.29, 0.717) is 13.0 Å². The van der Waals surface area contributed by atoms with Crippen molar-refractivity contribution in [2.45, 2.75) is 40.7 Å². The van der Waals surface area contributed by atoms with Crippen molar-refractivity contribution >= 4 is 5.91 Å². The Morgan fingerprint density at radius 2 is 2.21 bits per heavy atom. The minimum absolute atomic E-state index is 0.0376. The second-order valence-electron chi connectivity index (χ2n) is 2.54. The molecular formula is C10H18N2O2. The monoisotopic (exact) mass is 198 g/mol. The van der Waals surface area contributed by atoms with Gasteiger partial charge in [0.25, 0.3) is 0 Å². The summed E-state index contributed by atoms with van der Waals surface area (Å²) in [4.78, 5) is 10.9. The molecule has 1 amide bonds. The van der Waals surface area contributed by atoms with Gasteiger partial charge in [0.05, 0.1) is 6.20 Å². The number of carbonyl (C=O) groups is 1. The molecule has 14 heavy (non-hydrogen) atoms. The lowest BCUT2D eigenvalue weighted by atomic mass is 10.3. The zero-order valence-corrected chi connectivity index (χ0v) is 9.26. The number of hydrogen-bond acceptors (Lipinski definition) is 3. The molecule has 0 bridgehead atoms. The number of hydrogen-bond donors (Lipinski definition) is 1. The lowest BCUT2D eigenvalue weighted by Crippen LogP contribution is -2.21. The molecule has 80 valence electrons. The van der Waals surface area contributed by atoms with E-state index in [1.807, 2.05) is 27.7 Å². The first-order valence-electron chi connectivity index (χ1n) is 4.91. The summed E-state index contributed by atoms with van der Waals surface area (Å²) < 4.78 is 4.83. The third kappa shape index (κ3) is 4.07. The molecule has 0 aromatic carbocycles. The van der Waals surface area contributed by atoms with Crippen LogP contribution >= 0.6 is 0 Å². The Bertz CT molecular complexity index is 269. The molecule has 1 N–H and O–H groups in total. The molecule has 0 radical (unpaired) electrons. The van der Waals surface area contributed by atoms with Gasteiger partial charge in [-0.25, -0.2) is 0 Å². The molecular weight excluding hydrogens is 180 g/mol. The van der Waals surface area contributed by atoms with Gasteiger partial charge in [-0.1, -0.05) is 25.9 Å². The lowest BCUT2D eigenvalue weighted by Gasteiger charge is -1.99. The highest BCUT2D eigenvalue weighted by molar-refractivity contribution is 5.75. The van der Waals surface area contributed by atoms with Crippen LogP contribution in [0.5, 0.6) is 0 Å². The summed E-state index contributed by atoms with van der Waals surface area (Å²) in [5, 5.41) is 6.34. The first-order chi connectivity index (χ1) is 6.74. The maximum Gasteiger partial charge on any atom is 0.219 e. The summed E-state index contributed by atoms with van der Waals surface area (Å²) >= 11 is 0. The molecule has 0 unspecified atom stereocenters. The van der Waals surface area contributed by atoms with Crippen molar-refractivity contribution in [1.29, 1.82) is 0 Å². The zero-order valence-electron chi connectivity index (χ0n) is 9.26. The lowest BCUT2D eigenvalue weighted by molar-refractivity contribution is -0.120. The van der Waals surface area contributed by atoms with Gasteiger partial charge in [0.1, 0.15) is 5.76 Å².